The quantitative estimate of drug-likeness (QED) is 0.195. The molecule has 1 atom stereocenters. The average Bonchev–Trinajstić information content (AvgIpc) is 3.04. The van der Waals surface area contributed by atoms with Crippen LogP contribution < -0.4 is 10.6 Å². The third kappa shape index (κ3) is 8.74. The lowest BCUT2D eigenvalue weighted by atomic mass is 9.86. The Balaban J connectivity index is 0.00000480. The van der Waals surface area contributed by atoms with Gasteiger partial charge < -0.3 is 25.0 Å². The summed E-state index contributed by atoms with van der Waals surface area (Å²) in [5, 5.41) is 25.3. The molecule has 8 nitrogen and oxygen atoms in total. The lowest BCUT2D eigenvalue weighted by Crippen LogP contribution is -2.40. The first-order chi connectivity index (χ1) is 14.2. The molecular weight excluding hydrogens is 507 g/mol. The number of benzene rings is 1. The molecule has 1 aromatic carbocycles. The molecule has 0 saturated heterocycles. The van der Waals surface area contributed by atoms with Gasteiger partial charge in [-0.25, -0.2) is 4.99 Å². The molecule has 3 N–H and O–H groups in total. The van der Waals surface area contributed by atoms with Crippen LogP contribution in [-0.2, 0) is 23.7 Å². The topological polar surface area (TPSA) is 96.6 Å². The van der Waals surface area contributed by atoms with Crippen LogP contribution in [0.4, 0.5) is 0 Å². The number of aromatic nitrogens is 3. The second-order valence-electron chi connectivity index (χ2n) is 8.43. The van der Waals surface area contributed by atoms with Gasteiger partial charge in [0.15, 0.2) is 11.8 Å². The first-order valence-electron chi connectivity index (χ1n) is 10.4. The molecule has 0 aliphatic heterocycles. The molecule has 0 saturated carbocycles. The molecule has 9 heteroatoms. The highest BCUT2D eigenvalue weighted by Gasteiger charge is 2.15. The van der Waals surface area contributed by atoms with Gasteiger partial charge in [0.05, 0.1) is 6.10 Å². The standard InChI is InChI=1S/C22H36N6O2.HI/c1-16-26-27-20(28(16)5)15-25-21(23-12-7-13-30-6)24-14-19(29)17-8-10-18(11-9-17)22(2,3)4;/h8-11,19,29H,7,12-15H2,1-6H3,(H2,23,24,25);1H. The van der Waals surface area contributed by atoms with E-state index in [2.05, 4.69) is 58.7 Å². The second-order valence-corrected chi connectivity index (χ2v) is 8.43. The minimum absolute atomic E-state index is 0. The van der Waals surface area contributed by atoms with Crippen molar-refractivity contribution in [2.24, 2.45) is 12.0 Å². The largest absolute Gasteiger partial charge is 0.387 e. The Morgan fingerprint density at radius 1 is 1.19 bits per heavy atom. The summed E-state index contributed by atoms with van der Waals surface area (Å²) in [6, 6.07) is 8.12. The van der Waals surface area contributed by atoms with Crippen LogP contribution in [0.15, 0.2) is 29.3 Å². The van der Waals surface area contributed by atoms with E-state index in [9.17, 15) is 5.11 Å². The Hall–Kier alpha value is -1.72. The van der Waals surface area contributed by atoms with Crippen molar-refractivity contribution in [1.29, 1.82) is 0 Å². The molecule has 1 aromatic heterocycles. The third-order valence-corrected chi connectivity index (χ3v) is 5.00. The molecule has 0 aliphatic carbocycles. The zero-order valence-electron chi connectivity index (χ0n) is 19.5. The third-order valence-electron chi connectivity index (χ3n) is 5.00. The monoisotopic (exact) mass is 544 g/mol. The number of aryl methyl sites for hydroxylation is 1. The van der Waals surface area contributed by atoms with Gasteiger partial charge in [-0.15, -0.1) is 34.2 Å². The van der Waals surface area contributed by atoms with Gasteiger partial charge in [-0.1, -0.05) is 45.0 Å². The van der Waals surface area contributed by atoms with Crippen LogP contribution in [-0.4, -0.2) is 52.6 Å². The zero-order valence-corrected chi connectivity index (χ0v) is 21.8. The van der Waals surface area contributed by atoms with Crippen molar-refractivity contribution in [3.8, 4) is 0 Å². The molecule has 0 aliphatic rings. The van der Waals surface area contributed by atoms with Gasteiger partial charge in [-0.2, -0.15) is 0 Å². The van der Waals surface area contributed by atoms with Gasteiger partial charge in [0.1, 0.15) is 12.4 Å². The van der Waals surface area contributed by atoms with Crippen molar-refractivity contribution in [3.05, 3.63) is 47.0 Å². The number of guanidine groups is 1. The van der Waals surface area contributed by atoms with Crippen LogP contribution in [0.1, 0.15) is 56.1 Å². The number of methoxy groups -OCH3 is 1. The van der Waals surface area contributed by atoms with Gasteiger partial charge in [0, 0.05) is 33.9 Å². The number of hydrogen-bond acceptors (Lipinski definition) is 5. The van der Waals surface area contributed by atoms with Crippen molar-refractivity contribution in [3.63, 3.8) is 0 Å². The van der Waals surface area contributed by atoms with Crippen molar-refractivity contribution in [1.82, 2.24) is 25.4 Å². The Morgan fingerprint density at radius 3 is 2.42 bits per heavy atom. The number of aliphatic imine (C=N–C) groups is 1. The lowest BCUT2D eigenvalue weighted by Gasteiger charge is -2.20. The van der Waals surface area contributed by atoms with Crippen LogP contribution in [0.25, 0.3) is 0 Å². The Morgan fingerprint density at radius 2 is 1.87 bits per heavy atom. The minimum atomic E-state index is -0.637. The van der Waals surface area contributed by atoms with Crippen molar-refractivity contribution in [2.75, 3.05) is 26.8 Å². The van der Waals surface area contributed by atoms with Crippen molar-refractivity contribution >= 4 is 29.9 Å². The van der Waals surface area contributed by atoms with Crippen LogP contribution in [0.3, 0.4) is 0 Å². The fraction of sp³-hybridized carbons (Fsp3) is 0.591. The van der Waals surface area contributed by atoms with E-state index in [-0.39, 0.29) is 29.4 Å². The lowest BCUT2D eigenvalue weighted by molar-refractivity contribution is 0.180. The number of nitrogens with one attached hydrogen (secondary N) is 2. The van der Waals surface area contributed by atoms with Crippen LogP contribution >= 0.6 is 24.0 Å². The molecule has 0 spiro atoms. The molecule has 31 heavy (non-hydrogen) atoms. The van der Waals surface area contributed by atoms with Gasteiger partial charge >= 0.3 is 0 Å². The summed E-state index contributed by atoms with van der Waals surface area (Å²) in [5.74, 6) is 2.25. The molecule has 1 unspecified atom stereocenters. The molecule has 1 heterocycles. The number of halogens is 1. The maximum Gasteiger partial charge on any atom is 0.191 e. The summed E-state index contributed by atoms with van der Waals surface area (Å²) in [6.07, 6.45) is 0.221. The van der Waals surface area contributed by atoms with Crippen molar-refractivity contribution in [2.45, 2.75) is 52.2 Å². The number of hydrogen-bond donors (Lipinski definition) is 3. The molecule has 0 radical (unpaired) electrons. The fourth-order valence-electron chi connectivity index (χ4n) is 2.85. The van der Waals surface area contributed by atoms with E-state index < -0.39 is 6.10 Å². The fourth-order valence-corrected chi connectivity index (χ4v) is 2.85. The Labute approximate surface area is 202 Å². The molecule has 2 aromatic rings. The summed E-state index contributed by atoms with van der Waals surface area (Å²) in [4.78, 5) is 4.60. The van der Waals surface area contributed by atoms with Gasteiger partial charge in [0.2, 0.25) is 0 Å². The second kappa shape index (κ2) is 13.0. The molecule has 0 bridgehead atoms. The average molecular weight is 544 g/mol. The number of rotatable bonds is 9. The number of nitrogens with zero attached hydrogens (tertiary/aromatic N) is 4. The Kier molecular flexibility index (Phi) is 11.4. The van der Waals surface area contributed by atoms with E-state index >= 15 is 0 Å². The first-order valence-corrected chi connectivity index (χ1v) is 10.4. The van der Waals surface area contributed by atoms with Crippen LogP contribution in [0, 0.1) is 6.92 Å². The normalized spacial score (nSPS) is 12.9. The van der Waals surface area contributed by atoms with E-state index in [1.165, 1.54) is 5.56 Å². The number of aliphatic hydroxyl groups excluding tert-OH is 1. The highest BCUT2D eigenvalue weighted by atomic mass is 127. The molecule has 174 valence electrons. The smallest absolute Gasteiger partial charge is 0.191 e. The highest BCUT2D eigenvalue weighted by Crippen LogP contribution is 2.23. The molecule has 0 amide bonds. The maximum absolute atomic E-state index is 10.6. The molecule has 0 fully saturated rings. The minimum Gasteiger partial charge on any atom is -0.387 e. The maximum atomic E-state index is 10.6. The van der Waals surface area contributed by atoms with Crippen molar-refractivity contribution < 1.29 is 9.84 Å². The van der Waals surface area contributed by atoms with E-state index in [0.29, 0.717) is 32.2 Å². The summed E-state index contributed by atoms with van der Waals surface area (Å²) in [6.45, 7) is 10.6. The number of aliphatic hydroxyl groups is 1. The van der Waals surface area contributed by atoms with E-state index in [1.807, 2.05) is 30.7 Å². The van der Waals surface area contributed by atoms with Crippen LogP contribution in [0.5, 0.6) is 0 Å². The van der Waals surface area contributed by atoms with E-state index in [0.717, 1.165) is 23.6 Å². The van der Waals surface area contributed by atoms with E-state index in [1.54, 1.807) is 7.11 Å². The SMILES string of the molecule is COCCCNC(=NCc1nnc(C)n1C)NCC(O)c1ccc(C(C)(C)C)cc1.I. The molecular formula is C22H37IN6O2. The van der Waals surface area contributed by atoms with Gasteiger partial charge in [0.25, 0.3) is 0 Å². The summed E-state index contributed by atoms with van der Waals surface area (Å²) in [5.41, 5.74) is 2.21. The van der Waals surface area contributed by atoms with Gasteiger partial charge in [-0.3, -0.25) is 0 Å². The van der Waals surface area contributed by atoms with E-state index in [4.69, 9.17) is 4.74 Å². The first kappa shape index (κ1) is 27.3. The predicted octanol–water partition coefficient (Wildman–Crippen LogP) is 2.84. The molecule has 2 rings (SSSR count). The predicted molar refractivity (Wildman–Crippen MR) is 135 cm³/mol. The Bertz CT molecular complexity index is 814. The summed E-state index contributed by atoms with van der Waals surface area (Å²) in [7, 11) is 3.61. The highest BCUT2D eigenvalue weighted by molar-refractivity contribution is 14.0. The van der Waals surface area contributed by atoms with Crippen LogP contribution in [0.2, 0.25) is 0 Å². The zero-order chi connectivity index (χ0) is 22.1. The summed E-state index contributed by atoms with van der Waals surface area (Å²) >= 11 is 0. The number of ether oxygens (including phenoxy) is 1. The summed E-state index contributed by atoms with van der Waals surface area (Å²) < 4.78 is 7.01. The van der Waals surface area contributed by atoms with Gasteiger partial charge in [-0.05, 0) is 29.9 Å².